The normalized spacial score (nSPS) is 15.0. The number of carbonyl (C=O) groups excluding carboxylic acids is 4. The maximum atomic E-state index is 13.1. The zero-order valence-electron chi connectivity index (χ0n) is 20.9. The highest BCUT2D eigenvalue weighted by atomic mass is 32.2. The Morgan fingerprint density at radius 2 is 1.58 bits per heavy atom. The third-order valence-electron chi connectivity index (χ3n) is 5.69. The third-order valence-corrected chi connectivity index (χ3v) is 6.34. The summed E-state index contributed by atoms with van der Waals surface area (Å²) in [5.74, 6) is -4.05. The van der Waals surface area contributed by atoms with E-state index >= 15 is 0 Å². The minimum atomic E-state index is -1.41. The van der Waals surface area contributed by atoms with E-state index < -0.39 is 60.2 Å². The van der Waals surface area contributed by atoms with Gasteiger partial charge >= 0.3 is 5.97 Å². The summed E-state index contributed by atoms with van der Waals surface area (Å²) in [6.45, 7) is 3.58. The zero-order chi connectivity index (χ0) is 27.3. The Morgan fingerprint density at radius 1 is 0.972 bits per heavy atom. The zero-order valence-corrected chi connectivity index (χ0v) is 21.7. The van der Waals surface area contributed by atoms with Crippen molar-refractivity contribution in [2.45, 2.75) is 63.7 Å². The predicted molar refractivity (Wildman–Crippen MR) is 138 cm³/mol. The summed E-state index contributed by atoms with van der Waals surface area (Å²) in [6.07, 6.45) is 2.20. The Kier molecular flexibility index (Phi) is 13.6. The number of hydrogen-bond acceptors (Lipinski definition) is 7. The number of carbonyl (C=O) groups is 5. The number of rotatable bonds is 16. The van der Waals surface area contributed by atoms with Crippen molar-refractivity contribution in [1.29, 1.82) is 0 Å². The van der Waals surface area contributed by atoms with Crippen LogP contribution in [0.15, 0.2) is 30.3 Å². The molecule has 1 aromatic carbocycles. The van der Waals surface area contributed by atoms with Gasteiger partial charge in [-0.25, -0.2) is 4.79 Å². The van der Waals surface area contributed by atoms with E-state index in [1.165, 1.54) is 11.8 Å². The molecule has 0 saturated heterocycles. The molecule has 0 aromatic heterocycles. The molecular formula is C24H37N5O6S. The molecule has 4 amide bonds. The second-order valence-electron chi connectivity index (χ2n) is 8.58. The summed E-state index contributed by atoms with van der Waals surface area (Å²) in [5, 5.41) is 16.8. The maximum Gasteiger partial charge on any atom is 0.326 e. The van der Waals surface area contributed by atoms with Crippen LogP contribution in [0.5, 0.6) is 0 Å². The van der Waals surface area contributed by atoms with Crippen molar-refractivity contribution in [3.8, 4) is 0 Å². The molecule has 0 radical (unpaired) electrons. The molecule has 11 nitrogen and oxygen atoms in total. The second-order valence-corrected chi connectivity index (χ2v) is 9.57. The molecule has 200 valence electrons. The van der Waals surface area contributed by atoms with E-state index in [1.54, 1.807) is 13.2 Å². The van der Waals surface area contributed by atoms with Gasteiger partial charge in [-0.05, 0) is 36.3 Å². The van der Waals surface area contributed by atoms with E-state index in [1.807, 2.05) is 37.3 Å². The van der Waals surface area contributed by atoms with Gasteiger partial charge in [-0.3, -0.25) is 19.2 Å². The Morgan fingerprint density at radius 3 is 2.11 bits per heavy atom. The number of thioether (sulfide) groups is 1. The Labute approximate surface area is 215 Å². The molecule has 0 bridgehead atoms. The highest BCUT2D eigenvalue weighted by molar-refractivity contribution is 7.98. The first-order valence-corrected chi connectivity index (χ1v) is 13.1. The molecule has 0 fully saturated rings. The average molecular weight is 524 g/mol. The highest BCUT2D eigenvalue weighted by Crippen LogP contribution is 2.11. The van der Waals surface area contributed by atoms with Crippen molar-refractivity contribution in [3.05, 3.63) is 35.9 Å². The van der Waals surface area contributed by atoms with Gasteiger partial charge in [-0.2, -0.15) is 11.8 Å². The number of primary amides is 1. The number of amides is 4. The number of nitrogens with two attached hydrogens (primary N) is 2. The molecule has 36 heavy (non-hydrogen) atoms. The van der Waals surface area contributed by atoms with Crippen LogP contribution < -0.4 is 27.4 Å². The molecule has 5 atom stereocenters. The van der Waals surface area contributed by atoms with Gasteiger partial charge in [0.1, 0.15) is 18.1 Å². The molecule has 0 saturated carbocycles. The van der Waals surface area contributed by atoms with E-state index in [0.717, 1.165) is 5.56 Å². The number of carboxylic acids is 1. The Bertz CT molecular complexity index is 900. The molecular weight excluding hydrogens is 486 g/mol. The number of aliphatic carboxylic acids is 1. The van der Waals surface area contributed by atoms with Crippen LogP contribution in [0.2, 0.25) is 0 Å². The van der Waals surface area contributed by atoms with Gasteiger partial charge in [0.05, 0.1) is 12.5 Å². The Balaban J connectivity index is 2.97. The number of benzene rings is 1. The highest BCUT2D eigenvalue weighted by Gasteiger charge is 2.33. The van der Waals surface area contributed by atoms with E-state index in [-0.39, 0.29) is 18.8 Å². The molecule has 0 aliphatic heterocycles. The average Bonchev–Trinajstić information content (AvgIpc) is 2.83. The first-order chi connectivity index (χ1) is 17.0. The molecule has 5 unspecified atom stereocenters. The van der Waals surface area contributed by atoms with Crippen LogP contribution in [0.4, 0.5) is 0 Å². The summed E-state index contributed by atoms with van der Waals surface area (Å²) in [4.78, 5) is 61.7. The lowest BCUT2D eigenvalue weighted by atomic mass is 9.96. The number of hydrogen-bond donors (Lipinski definition) is 6. The predicted octanol–water partition coefficient (Wildman–Crippen LogP) is -0.230. The lowest BCUT2D eigenvalue weighted by Crippen LogP contribution is -2.59. The van der Waals surface area contributed by atoms with Crippen molar-refractivity contribution >= 4 is 41.4 Å². The van der Waals surface area contributed by atoms with Crippen LogP contribution in [-0.4, -0.2) is 70.9 Å². The van der Waals surface area contributed by atoms with Gasteiger partial charge in [0, 0.05) is 0 Å². The minimum Gasteiger partial charge on any atom is -0.480 e. The Hall–Kier alpha value is -3.12. The fourth-order valence-corrected chi connectivity index (χ4v) is 3.83. The van der Waals surface area contributed by atoms with Crippen molar-refractivity contribution < 1.29 is 29.1 Å². The van der Waals surface area contributed by atoms with Crippen molar-refractivity contribution in [2.24, 2.45) is 17.4 Å². The minimum absolute atomic E-state index is 0.157. The summed E-state index contributed by atoms with van der Waals surface area (Å²) < 4.78 is 0. The summed E-state index contributed by atoms with van der Waals surface area (Å²) in [6, 6.07) is 4.61. The molecule has 0 spiro atoms. The van der Waals surface area contributed by atoms with Crippen LogP contribution in [0.25, 0.3) is 0 Å². The van der Waals surface area contributed by atoms with E-state index in [0.29, 0.717) is 12.2 Å². The fraction of sp³-hybridized carbons (Fsp3) is 0.542. The van der Waals surface area contributed by atoms with E-state index in [9.17, 15) is 29.1 Å². The first kappa shape index (κ1) is 30.9. The van der Waals surface area contributed by atoms with Gasteiger partial charge in [-0.15, -0.1) is 0 Å². The molecule has 8 N–H and O–H groups in total. The first-order valence-electron chi connectivity index (χ1n) is 11.7. The van der Waals surface area contributed by atoms with Gasteiger partial charge < -0.3 is 32.5 Å². The summed E-state index contributed by atoms with van der Waals surface area (Å²) in [7, 11) is 0. The number of nitrogens with one attached hydrogen (secondary N) is 3. The molecule has 1 aromatic rings. The largest absolute Gasteiger partial charge is 0.480 e. The molecule has 0 aliphatic carbocycles. The van der Waals surface area contributed by atoms with E-state index in [2.05, 4.69) is 16.0 Å². The van der Waals surface area contributed by atoms with Gasteiger partial charge in [0.15, 0.2) is 0 Å². The van der Waals surface area contributed by atoms with Gasteiger partial charge in [-0.1, -0.05) is 50.6 Å². The van der Waals surface area contributed by atoms with Crippen LogP contribution in [-0.2, 0) is 30.4 Å². The molecule has 0 heterocycles. The maximum absolute atomic E-state index is 13.1. The van der Waals surface area contributed by atoms with Crippen LogP contribution in [0, 0.1) is 5.92 Å². The lowest BCUT2D eigenvalue weighted by Gasteiger charge is -2.27. The van der Waals surface area contributed by atoms with Gasteiger partial charge in [0.2, 0.25) is 23.6 Å². The van der Waals surface area contributed by atoms with Crippen molar-refractivity contribution in [2.75, 3.05) is 12.0 Å². The fourth-order valence-electron chi connectivity index (χ4n) is 3.36. The van der Waals surface area contributed by atoms with Crippen LogP contribution >= 0.6 is 11.8 Å². The molecule has 0 aliphatic rings. The van der Waals surface area contributed by atoms with Gasteiger partial charge in [0.25, 0.3) is 0 Å². The molecule has 12 heteroatoms. The second kappa shape index (κ2) is 15.8. The monoisotopic (exact) mass is 523 g/mol. The number of carboxylic acid groups (broad SMARTS) is 1. The third kappa shape index (κ3) is 10.6. The quantitative estimate of drug-likeness (QED) is 0.171. The lowest BCUT2D eigenvalue weighted by molar-refractivity contribution is -0.142. The summed E-state index contributed by atoms with van der Waals surface area (Å²) >= 11 is 1.41. The standard InChI is InChI=1S/C24H37N5O6S/c1-4-14(2)20(29-21(31)16(25)12-15-8-6-5-7-9-15)23(33)28-18(13-19(26)30)22(32)27-17(24(34)35)10-11-36-3/h5-9,14,16-18,20H,4,10-13,25H2,1-3H3,(H2,26,30)(H,27,32)(H,28,33)(H,29,31)(H,34,35). The SMILES string of the molecule is CCC(C)C(NC(=O)C(N)Cc1ccccc1)C(=O)NC(CC(N)=O)C(=O)NC(CCSC)C(=O)O. The van der Waals surface area contributed by atoms with Crippen molar-refractivity contribution in [1.82, 2.24) is 16.0 Å². The van der Waals surface area contributed by atoms with Crippen molar-refractivity contribution in [3.63, 3.8) is 0 Å². The van der Waals surface area contributed by atoms with Crippen LogP contribution in [0.1, 0.15) is 38.7 Å². The van der Waals surface area contributed by atoms with E-state index in [4.69, 9.17) is 11.5 Å². The summed E-state index contributed by atoms with van der Waals surface area (Å²) in [5.41, 5.74) is 12.2. The van der Waals surface area contributed by atoms with Crippen LogP contribution in [0.3, 0.4) is 0 Å². The molecule has 1 rings (SSSR count). The smallest absolute Gasteiger partial charge is 0.326 e. The topological polar surface area (TPSA) is 194 Å².